The monoisotopic (exact) mass is 477 g/mol. The minimum atomic E-state index is -1.28. The van der Waals surface area contributed by atoms with Crippen molar-refractivity contribution in [3.8, 4) is 5.75 Å². The summed E-state index contributed by atoms with van der Waals surface area (Å²) in [6.07, 6.45) is 1.69. The van der Waals surface area contributed by atoms with Gasteiger partial charge in [-0.3, -0.25) is 24.4 Å². The summed E-state index contributed by atoms with van der Waals surface area (Å²) in [6.45, 7) is 3.76. The summed E-state index contributed by atoms with van der Waals surface area (Å²) in [5, 5.41) is 13.2. The molecule has 1 unspecified atom stereocenters. The molecule has 35 heavy (non-hydrogen) atoms. The second-order valence-electron chi connectivity index (χ2n) is 8.59. The van der Waals surface area contributed by atoms with Crippen LogP contribution in [-0.4, -0.2) is 51.3 Å². The van der Waals surface area contributed by atoms with Gasteiger partial charge < -0.3 is 9.94 Å². The van der Waals surface area contributed by atoms with Crippen LogP contribution in [0.2, 0.25) is 0 Å². The Morgan fingerprint density at radius 2 is 1.63 bits per heavy atom. The molecule has 0 radical (unpaired) electrons. The van der Waals surface area contributed by atoms with Crippen molar-refractivity contribution >= 4 is 17.8 Å². The van der Waals surface area contributed by atoms with Gasteiger partial charge in [0.05, 0.1) is 12.7 Å². The molecule has 0 spiro atoms. The van der Waals surface area contributed by atoms with E-state index in [1.54, 1.807) is 55.9 Å². The van der Waals surface area contributed by atoms with Crippen LogP contribution in [0.25, 0.3) is 0 Å². The fourth-order valence-corrected chi connectivity index (χ4v) is 4.33. The molecule has 182 valence electrons. The summed E-state index contributed by atoms with van der Waals surface area (Å²) >= 11 is 0. The van der Waals surface area contributed by atoms with Crippen LogP contribution in [0.15, 0.2) is 48.7 Å². The number of carbonyl (C=O) groups excluding carboxylic acids is 3. The van der Waals surface area contributed by atoms with Gasteiger partial charge in [-0.1, -0.05) is 18.2 Å². The second kappa shape index (κ2) is 9.21. The zero-order chi connectivity index (χ0) is 25.4. The summed E-state index contributed by atoms with van der Waals surface area (Å²) in [4.78, 5) is 44.8. The van der Waals surface area contributed by atoms with E-state index in [0.29, 0.717) is 22.7 Å². The van der Waals surface area contributed by atoms with Gasteiger partial charge in [0.1, 0.15) is 35.6 Å². The van der Waals surface area contributed by atoms with Crippen LogP contribution >= 0.6 is 0 Å². The predicted molar refractivity (Wildman–Crippen MR) is 125 cm³/mol. The topological polar surface area (TPSA) is 112 Å². The van der Waals surface area contributed by atoms with Gasteiger partial charge in [0.2, 0.25) is 11.8 Å². The van der Waals surface area contributed by atoms with Crippen LogP contribution in [0.1, 0.15) is 34.4 Å². The highest BCUT2D eigenvalue weighted by Gasteiger charge is 2.51. The lowest BCUT2D eigenvalue weighted by atomic mass is 9.82. The van der Waals surface area contributed by atoms with E-state index in [1.165, 1.54) is 14.1 Å². The van der Waals surface area contributed by atoms with Crippen molar-refractivity contribution < 1.29 is 23.9 Å². The molecular formula is C25H27N5O5. The van der Waals surface area contributed by atoms with E-state index >= 15 is 0 Å². The number of ether oxygens (including phenoxy) is 1. The number of nitrogens with zero attached hydrogens (tertiary/aromatic N) is 5. The van der Waals surface area contributed by atoms with Crippen molar-refractivity contribution in [1.82, 2.24) is 19.4 Å². The summed E-state index contributed by atoms with van der Waals surface area (Å²) in [5.41, 5.74) is 2.52. The average Bonchev–Trinajstić information content (AvgIpc) is 3.06. The zero-order valence-corrected chi connectivity index (χ0v) is 20.3. The maximum absolute atomic E-state index is 13.2. The number of imide groups is 2. The highest BCUT2D eigenvalue weighted by Crippen LogP contribution is 2.36. The summed E-state index contributed by atoms with van der Waals surface area (Å²) in [6, 6.07) is 11.7. The molecule has 3 heterocycles. The minimum absolute atomic E-state index is 0.241. The van der Waals surface area contributed by atoms with Crippen molar-refractivity contribution in [2.75, 3.05) is 14.1 Å². The Bertz CT molecular complexity index is 1240. The van der Waals surface area contributed by atoms with E-state index in [2.05, 4.69) is 4.98 Å². The normalized spacial score (nSPS) is 15.6. The summed E-state index contributed by atoms with van der Waals surface area (Å²) < 4.78 is 8.25. The lowest BCUT2D eigenvalue weighted by molar-refractivity contribution is -0.621. The highest BCUT2D eigenvalue weighted by atomic mass is 16.5. The first-order valence-electron chi connectivity index (χ1n) is 11.1. The summed E-state index contributed by atoms with van der Waals surface area (Å²) in [7, 11) is 4.39. The smallest absolute Gasteiger partial charge is 0.332 e. The van der Waals surface area contributed by atoms with E-state index in [4.69, 9.17) is 4.74 Å². The average molecular weight is 478 g/mol. The third-order valence-corrected chi connectivity index (χ3v) is 6.61. The lowest BCUT2D eigenvalue weighted by Crippen LogP contribution is -2.59. The molecule has 1 fully saturated rings. The zero-order valence-electron chi connectivity index (χ0n) is 20.3. The van der Waals surface area contributed by atoms with Gasteiger partial charge in [-0.25, -0.2) is 14.1 Å². The Balaban J connectivity index is 1.76. The van der Waals surface area contributed by atoms with Gasteiger partial charge in [-0.05, 0) is 29.8 Å². The Kier molecular flexibility index (Phi) is 6.29. The molecule has 4 amide bonds. The first kappa shape index (κ1) is 23.9. The van der Waals surface area contributed by atoms with Crippen LogP contribution in [0.4, 0.5) is 4.79 Å². The standard InChI is InChI=1S/C25H27N5O5/c1-15-16(2)30(34)22(27(15)3)20(21-23(31)28(4)25(33)29(5)24(21)32)17-9-11-19(12-10-17)35-14-18-8-6-7-13-26-18/h6-13,20-21H,14H2,1-5H3. The fraction of sp³-hybridized carbons (Fsp3) is 0.320. The van der Waals surface area contributed by atoms with Gasteiger partial charge in [0.15, 0.2) is 0 Å². The number of barbiturate groups is 1. The SMILES string of the molecule is Cc1c(C)[n+]([O-])c(C(c2ccc(OCc3ccccn3)cc2)C2C(=O)N(C)C(=O)N(C)C2=O)n1C. The second-order valence-corrected chi connectivity index (χ2v) is 8.59. The molecule has 1 saturated heterocycles. The van der Waals surface area contributed by atoms with Crippen LogP contribution in [0.5, 0.6) is 5.75 Å². The van der Waals surface area contributed by atoms with E-state index in [9.17, 15) is 19.6 Å². The molecule has 10 heteroatoms. The first-order chi connectivity index (χ1) is 16.6. The first-order valence-corrected chi connectivity index (χ1v) is 11.1. The van der Waals surface area contributed by atoms with Crippen molar-refractivity contribution in [3.63, 3.8) is 0 Å². The number of amides is 4. The van der Waals surface area contributed by atoms with Gasteiger partial charge in [-0.15, -0.1) is 0 Å². The maximum Gasteiger partial charge on any atom is 0.332 e. The molecule has 1 aliphatic heterocycles. The largest absolute Gasteiger partial charge is 0.711 e. The van der Waals surface area contributed by atoms with E-state index in [1.807, 2.05) is 18.2 Å². The van der Waals surface area contributed by atoms with Crippen LogP contribution < -0.4 is 9.47 Å². The van der Waals surface area contributed by atoms with Crippen LogP contribution in [0, 0.1) is 25.0 Å². The van der Waals surface area contributed by atoms with E-state index < -0.39 is 29.7 Å². The van der Waals surface area contributed by atoms with Crippen LogP contribution in [0.3, 0.4) is 0 Å². The number of imidazole rings is 1. The van der Waals surface area contributed by atoms with E-state index in [-0.39, 0.29) is 12.4 Å². The number of hydrogen-bond acceptors (Lipinski definition) is 6. The number of pyridine rings is 1. The predicted octanol–water partition coefficient (Wildman–Crippen LogP) is 2.05. The fourth-order valence-electron chi connectivity index (χ4n) is 4.33. The van der Waals surface area contributed by atoms with Crippen LogP contribution in [-0.2, 0) is 23.2 Å². The van der Waals surface area contributed by atoms with Crippen molar-refractivity contribution in [2.24, 2.45) is 13.0 Å². The molecule has 1 atom stereocenters. The Morgan fingerprint density at radius 3 is 2.14 bits per heavy atom. The number of benzene rings is 1. The Morgan fingerprint density at radius 1 is 1.00 bits per heavy atom. The molecule has 0 N–H and O–H groups in total. The summed E-state index contributed by atoms with van der Waals surface area (Å²) in [5.74, 6) is -2.71. The number of carbonyl (C=O) groups is 3. The molecule has 2 aromatic heterocycles. The molecule has 1 aromatic carbocycles. The number of rotatable bonds is 6. The number of aromatic nitrogens is 3. The molecule has 0 aliphatic carbocycles. The molecule has 0 saturated carbocycles. The third-order valence-electron chi connectivity index (χ3n) is 6.61. The van der Waals surface area contributed by atoms with Crippen molar-refractivity contribution in [2.45, 2.75) is 26.4 Å². The number of urea groups is 1. The van der Waals surface area contributed by atoms with Gasteiger partial charge >= 0.3 is 6.03 Å². The minimum Gasteiger partial charge on any atom is -0.711 e. The van der Waals surface area contributed by atoms with Gasteiger partial charge in [0.25, 0.3) is 5.82 Å². The lowest BCUT2D eigenvalue weighted by Gasteiger charge is -2.35. The maximum atomic E-state index is 13.2. The third kappa shape index (κ3) is 4.11. The Labute approximate surface area is 202 Å². The molecule has 10 nitrogen and oxygen atoms in total. The molecule has 3 aromatic rings. The molecule has 1 aliphatic rings. The quantitative estimate of drug-likeness (QED) is 0.305. The molecular weight excluding hydrogens is 450 g/mol. The van der Waals surface area contributed by atoms with E-state index in [0.717, 1.165) is 20.2 Å². The molecule has 4 rings (SSSR count). The van der Waals surface area contributed by atoms with Gasteiger partial charge in [-0.2, -0.15) is 0 Å². The highest BCUT2D eigenvalue weighted by molar-refractivity contribution is 6.16. The Hall–Kier alpha value is -4.21. The molecule has 0 bridgehead atoms. The van der Waals surface area contributed by atoms with Gasteiger partial charge in [0, 0.05) is 34.1 Å². The van der Waals surface area contributed by atoms with Crippen molar-refractivity contribution in [3.05, 3.63) is 82.3 Å². The van der Waals surface area contributed by atoms with Crippen molar-refractivity contribution in [1.29, 1.82) is 0 Å². The number of hydrogen-bond donors (Lipinski definition) is 0.